The Morgan fingerprint density at radius 3 is 2.71 bits per heavy atom. The van der Waals surface area contributed by atoms with Crippen LogP contribution in [-0.2, 0) is 6.42 Å². The van der Waals surface area contributed by atoms with Gasteiger partial charge in [0.15, 0.2) is 5.22 Å². The van der Waals surface area contributed by atoms with Crippen LogP contribution in [-0.4, -0.2) is 6.54 Å². The Labute approximate surface area is 135 Å². The normalized spacial score (nSPS) is 12.6. The molecule has 21 heavy (non-hydrogen) atoms. The molecular weight excluding hydrogens is 364 g/mol. The van der Waals surface area contributed by atoms with Crippen molar-refractivity contribution < 1.29 is 13.2 Å². The van der Waals surface area contributed by atoms with E-state index in [0.29, 0.717) is 12.1 Å². The van der Waals surface area contributed by atoms with Crippen LogP contribution in [0.3, 0.4) is 0 Å². The van der Waals surface area contributed by atoms with Gasteiger partial charge in [0.05, 0.1) is 10.7 Å². The van der Waals surface area contributed by atoms with Gasteiger partial charge in [0, 0.05) is 17.2 Å². The summed E-state index contributed by atoms with van der Waals surface area (Å²) in [5.41, 5.74) is 0.721. The predicted octanol–water partition coefficient (Wildman–Crippen LogP) is 5.26. The molecular formula is C15H15BrClF2NO. The quantitative estimate of drug-likeness (QED) is 0.694. The van der Waals surface area contributed by atoms with Crippen molar-refractivity contribution in [2.45, 2.75) is 25.8 Å². The van der Waals surface area contributed by atoms with Gasteiger partial charge in [0.1, 0.15) is 11.6 Å². The zero-order chi connectivity index (χ0) is 15.4. The lowest BCUT2D eigenvalue weighted by Crippen LogP contribution is -2.24. The van der Waals surface area contributed by atoms with Gasteiger partial charge in [-0.1, -0.05) is 6.92 Å². The number of halogens is 4. The second-order valence-electron chi connectivity index (χ2n) is 4.68. The molecule has 0 saturated carbocycles. The van der Waals surface area contributed by atoms with Crippen molar-refractivity contribution in [1.29, 1.82) is 0 Å². The number of furan rings is 1. The van der Waals surface area contributed by atoms with Crippen molar-refractivity contribution in [3.05, 3.63) is 56.9 Å². The highest BCUT2D eigenvalue weighted by Gasteiger charge is 2.21. The molecule has 0 aliphatic carbocycles. The Morgan fingerprint density at radius 2 is 2.10 bits per heavy atom. The summed E-state index contributed by atoms with van der Waals surface area (Å²) in [7, 11) is 0. The second kappa shape index (κ2) is 7.38. The minimum absolute atomic E-state index is 0.0234. The molecule has 0 aliphatic rings. The first-order valence-electron chi connectivity index (χ1n) is 6.63. The molecule has 2 aromatic rings. The van der Waals surface area contributed by atoms with Gasteiger partial charge in [-0.15, -0.1) is 0 Å². The minimum Gasteiger partial charge on any atom is -0.453 e. The van der Waals surface area contributed by atoms with Gasteiger partial charge in [-0.25, -0.2) is 8.78 Å². The monoisotopic (exact) mass is 377 g/mol. The van der Waals surface area contributed by atoms with Crippen molar-refractivity contribution in [3.8, 4) is 0 Å². The molecule has 0 amide bonds. The van der Waals surface area contributed by atoms with Crippen LogP contribution in [0.15, 0.2) is 33.4 Å². The summed E-state index contributed by atoms with van der Waals surface area (Å²) in [6, 6.07) is 4.00. The highest BCUT2D eigenvalue weighted by atomic mass is 79.9. The van der Waals surface area contributed by atoms with Crippen LogP contribution in [0.5, 0.6) is 0 Å². The minimum atomic E-state index is -0.585. The topological polar surface area (TPSA) is 25.2 Å². The van der Waals surface area contributed by atoms with Gasteiger partial charge in [-0.2, -0.15) is 0 Å². The molecule has 1 unspecified atom stereocenters. The zero-order valence-corrected chi connectivity index (χ0v) is 13.8. The number of rotatable bonds is 6. The molecule has 6 heteroatoms. The van der Waals surface area contributed by atoms with Crippen LogP contribution in [0.2, 0.25) is 5.22 Å². The molecule has 0 fully saturated rings. The molecule has 1 heterocycles. The number of benzene rings is 1. The van der Waals surface area contributed by atoms with Crippen LogP contribution < -0.4 is 5.32 Å². The van der Waals surface area contributed by atoms with E-state index < -0.39 is 11.6 Å². The molecule has 0 saturated heterocycles. The Bertz CT molecular complexity index is 618. The molecule has 2 nitrogen and oxygen atoms in total. The Morgan fingerprint density at radius 1 is 1.33 bits per heavy atom. The molecule has 0 radical (unpaired) electrons. The van der Waals surface area contributed by atoms with Gasteiger partial charge in [0.2, 0.25) is 0 Å². The van der Waals surface area contributed by atoms with E-state index in [1.54, 1.807) is 6.07 Å². The largest absolute Gasteiger partial charge is 0.453 e. The highest BCUT2D eigenvalue weighted by Crippen LogP contribution is 2.30. The average molecular weight is 379 g/mol. The standard InChI is InChI=1S/C15H15BrClF2NO/c1-2-6-20-13(9-5-7-21-15(9)17)8-10-12(18)4-3-11(16)14(10)19/h3-5,7,13,20H,2,6,8H2,1H3. The van der Waals surface area contributed by atoms with Crippen LogP contribution in [0.4, 0.5) is 8.78 Å². The highest BCUT2D eigenvalue weighted by molar-refractivity contribution is 9.10. The van der Waals surface area contributed by atoms with Gasteiger partial charge < -0.3 is 9.73 Å². The van der Waals surface area contributed by atoms with Crippen molar-refractivity contribution in [2.24, 2.45) is 0 Å². The summed E-state index contributed by atoms with van der Waals surface area (Å²) >= 11 is 9.07. The van der Waals surface area contributed by atoms with Crippen LogP contribution >= 0.6 is 27.5 Å². The lowest BCUT2D eigenvalue weighted by Gasteiger charge is -2.19. The maximum absolute atomic E-state index is 14.1. The summed E-state index contributed by atoms with van der Waals surface area (Å²) in [4.78, 5) is 0. The SMILES string of the molecule is CCCNC(Cc1c(F)ccc(Br)c1F)c1ccoc1Cl. The van der Waals surface area contributed by atoms with E-state index in [1.807, 2.05) is 6.92 Å². The molecule has 114 valence electrons. The molecule has 0 spiro atoms. The molecule has 1 aromatic carbocycles. The van der Waals surface area contributed by atoms with Crippen molar-refractivity contribution in [1.82, 2.24) is 5.32 Å². The van der Waals surface area contributed by atoms with E-state index in [1.165, 1.54) is 18.4 Å². The van der Waals surface area contributed by atoms with E-state index >= 15 is 0 Å². The Hall–Kier alpha value is -0.910. The summed E-state index contributed by atoms with van der Waals surface area (Å²) in [5, 5.41) is 3.48. The lowest BCUT2D eigenvalue weighted by molar-refractivity contribution is 0.482. The smallest absolute Gasteiger partial charge is 0.197 e. The lowest BCUT2D eigenvalue weighted by atomic mass is 10.00. The van der Waals surface area contributed by atoms with E-state index in [-0.39, 0.29) is 27.7 Å². The van der Waals surface area contributed by atoms with E-state index in [0.717, 1.165) is 6.42 Å². The molecule has 2 rings (SSSR count). The third-order valence-electron chi connectivity index (χ3n) is 3.21. The molecule has 1 N–H and O–H groups in total. The Balaban J connectivity index is 2.32. The fraction of sp³-hybridized carbons (Fsp3) is 0.333. The summed E-state index contributed by atoms with van der Waals surface area (Å²) < 4.78 is 33.3. The third-order valence-corrected chi connectivity index (χ3v) is 4.13. The van der Waals surface area contributed by atoms with E-state index in [9.17, 15) is 8.78 Å². The number of nitrogens with one attached hydrogen (secondary N) is 1. The fourth-order valence-corrected chi connectivity index (χ4v) is 2.74. The molecule has 1 atom stereocenters. The van der Waals surface area contributed by atoms with Crippen LogP contribution in [0.1, 0.15) is 30.5 Å². The third kappa shape index (κ3) is 3.84. The van der Waals surface area contributed by atoms with Crippen molar-refractivity contribution in [2.75, 3.05) is 6.54 Å². The molecule has 1 aromatic heterocycles. The van der Waals surface area contributed by atoms with Gasteiger partial charge in [0.25, 0.3) is 0 Å². The van der Waals surface area contributed by atoms with Crippen molar-refractivity contribution >= 4 is 27.5 Å². The maximum Gasteiger partial charge on any atom is 0.197 e. The van der Waals surface area contributed by atoms with Gasteiger partial charge >= 0.3 is 0 Å². The molecule has 0 bridgehead atoms. The van der Waals surface area contributed by atoms with E-state index in [4.69, 9.17) is 16.0 Å². The van der Waals surface area contributed by atoms with Crippen molar-refractivity contribution in [3.63, 3.8) is 0 Å². The maximum atomic E-state index is 14.1. The van der Waals surface area contributed by atoms with Gasteiger partial charge in [-0.05, 0) is 65.1 Å². The second-order valence-corrected chi connectivity index (χ2v) is 5.88. The Kier molecular flexibility index (Phi) is 5.79. The first-order valence-corrected chi connectivity index (χ1v) is 7.80. The van der Waals surface area contributed by atoms with Crippen LogP contribution in [0.25, 0.3) is 0 Å². The zero-order valence-electron chi connectivity index (χ0n) is 11.4. The van der Waals surface area contributed by atoms with E-state index in [2.05, 4.69) is 21.2 Å². The molecule has 0 aliphatic heterocycles. The van der Waals surface area contributed by atoms with Gasteiger partial charge in [-0.3, -0.25) is 0 Å². The number of hydrogen-bond acceptors (Lipinski definition) is 2. The summed E-state index contributed by atoms with van der Waals surface area (Å²) in [5.74, 6) is -1.16. The fourth-order valence-electron chi connectivity index (χ4n) is 2.12. The summed E-state index contributed by atoms with van der Waals surface area (Å²) in [6.45, 7) is 2.73. The summed E-state index contributed by atoms with van der Waals surface area (Å²) in [6.07, 6.45) is 2.51. The first-order chi connectivity index (χ1) is 10.0. The first kappa shape index (κ1) is 16.5. The average Bonchev–Trinajstić information content (AvgIpc) is 2.89. The number of hydrogen-bond donors (Lipinski definition) is 1. The predicted molar refractivity (Wildman–Crippen MR) is 82.5 cm³/mol. The van der Waals surface area contributed by atoms with Crippen LogP contribution in [0, 0.1) is 11.6 Å².